The number of thiophene rings is 1. The number of hydrogen-bond acceptors (Lipinski definition) is 4. The molecule has 2 aromatic rings. The molecule has 1 aromatic carbocycles. The van der Waals surface area contributed by atoms with Gasteiger partial charge < -0.3 is 10.5 Å². The van der Waals surface area contributed by atoms with Crippen molar-refractivity contribution in [1.29, 1.82) is 0 Å². The third kappa shape index (κ3) is 4.86. The summed E-state index contributed by atoms with van der Waals surface area (Å²) in [5, 5.41) is 2.07. The minimum Gasteiger partial charge on any atom is -0.497 e. The molecular weight excluding hydrogens is 296 g/mol. The van der Waals surface area contributed by atoms with Crippen LogP contribution in [0.3, 0.4) is 0 Å². The standard InChI is InChI=1S/C17H22N2O2S/c1-13(10-16-4-3-9-22-16)19(12-17(18)20)11-14-5-7-15(21-2)8-6-14/h3-9,13H,10-12H2,1-2H3,(H2,18,20)/t13-/m1/s1. The van der Waals surface area contributed by atoms with Crippen LogP contribution in [0.4, 0.5) is 0 Å². The van der Waals surface area contributed by atoms with Crippen molar-refractivity contribution in [1.82, 2.24) is 4.90 Å². The van der Waals surface area contributed by atoms with E-state index in [1.54, 1.807) is 18.4 Å². The van der Waals surface area contributed by atoms with E-state index >= 15 is 0 Å². The number of methoxy groups -OCH3 is 1. The van der Waals surface area contributed by atoms with Crippen molar-refractivity contribution >= 4 is 17.2 Å². The average Bonchev–Trinajstić information content (AvgIpc) is 2.99. The van der Waals surface area contributed by atoms with Crippen LogP contribution >= 0.6 is 11.3 Å². The second-order valence-electron chi connectivity index (χ2n) is 5.35. The van der Waals surface area contributed by atoms with Gasteiger partial charge >= 0.3 is 0 Å². The van der Waals surface area contributed by atoms with Crippen molar-refractivity contribution in [3.05, 3.63) is 52.2 Å². The number of hydrogen-bond donors (Lipinski definition) is 1. The van der Waals surface area contributed by atoms with Gasteiger partial charge in [0.2, 0.25) is 5.91 Å². The number of amides is 1. The largest absolute Gasteiger partial charge is 0.497 e. The number of nitrogens with two attached hydrogens (primary N) is 1. The van der Waals surface area contributed by atoms with E-state index in [-0.39, 0.29) is 18.5 Å². The van der Waals surface area contributed by atoms with Crippen molar-refractivity contribution < 1.29 is 9.53 Å². The van der Waals surface area contributed by atoms with Gasteiger partial charge in [-0.15, -0.1) is 11.3 Å². The Balaban J connectivity index is 2.05. The van der Waals surface area contributed by atoms with Gasteiger partial charge in [0, 0.05) is 17.5 Å². The van der Waals surface area contributed by atoms with Gasteiger partial charge in [0.15, 0.2) is 0 Å². The fourth-order valence-electron chi connectivity index (χ4n) is 2.38. The Kier molecular flexibility index (Phi) is 5.98. The summed E-state index contributed by atoms with van der Waals surface area (Å²) in [5.74, 6) is 0.531. The van der Waals surface area contributed by atoms with Crippen molar-refractivity contribution in [2.45, 2.75) is 25.9 Å². The topological polar surface area (TPSA) is 55.6 Å². The molecule has 1 atom stereocenters. The summed E-state index contributed by atoms with van der Waals surface area (Å²) in [6, 6.07) is 12.3. The van der Waals surface area contributed by atoms with Crippen LogP contribution in [0.5, 0.6) is 5.75 Å². The van der Waals surface area contributed by atoms with Crippen molar-refractivity contribution in [3.8, 4) is 5.75 Å². The van der Waals surface area contributed by atoms with E-state index < -0.39 is 0 Å². The molecule has 5 heteroatoms. The Bertz CT molecular complexity index is 581. The Morgan fingerprint density at radius 2 is 2.05 bits per heavy atom. The summed E-state index contributed by atoms with van der Waals surface area (Å²) < 4.78 is 5.17. The first-order chi connectivity index (χ1) is 10.6. The molecular formula is C17H22N2O2S. The Labute approximate surface area is 135 Å². The lowest BCUT2D eigenvalue weighted by molar-refractivity contribution is -0.119. The summed E-state index contributed by atoms with van der Waals surface area (Å²) in [6.07, 6.45) is 0.918. The van der Waals surface area contributed by atoms with Gasteiger partial charge in [-0.2, -0.15) is 0 Å². The van der Waals surface area contributed by atoms with Gasteiger partial charge in [0.25, 0.3) is 0 Å². The van der Waals surface area contributed by atoms with Gasteiger partial charge in [0.05, 0.1) is 13.7 Å². The van der Waals surface area contributed by atoms with Gasteiger partial charge in [-0.25, -0.2) is 0 Å². The van der Waals surface area contributed by atoms with Crippen molar-refractivity contribution in [3.63, 3.8) is 0 Å². The second kappa shape index (κ2) is 7.96. The number of rotatable bonds is 8. The molecule has 1 aromatic heterocycles. The zero-order valence-electron chi connectivity index (χ0n) is 13.0. The number of primary amides is 1. The molecule has 0 unspecified atom stereocenters. The van der Waals surface area contributed by atoms with E-state index in [1.807, 2.05) is 24.3 Å². The summed E-state index contributed by atoms with van der Waals surface area (Å²) in [6.45, 7) is 3.09. The maximum absolute atomic E-state index is 11.4. The zero-order valence-corrected chi connectivity index (χ0v) is 13.8. The minimum absolute atomic E-state index is 0.244. The van der Waals surface area contributed by atoms with E-state index in [9.17, 15) is 4.79 Å². The smallest absolute Gasteiger partial charge is 0.231 e. The summed E-state index contributed by atoms with van der Waals surface area (Å²) >= 11 is 1.74. The predicted octanol–water partition coefficient (Wildman–Crippen LogP) is 2.68. The fourth-order valence-corrected chi connectivity index (χ4v) is 3.21. The van der Waals surface area contributed by atoms with E-state index in [0.29, 0.717) is 6.54 Å². The van der Waals surface area contributed by atoms with E-state index in [2.05, 4.69) is 29.3 Å². The van der Waals surface area contributed by atoms with Crippen LogP contribution in [0.1, 0.15) is 17.4 Å². The summed E-state index contributed by atoms with van der Waals surface area (Å²) in [7, 11) is 1.65. The van der Waals surface area contributed by atoms with Gasteiger partial charge in [0.1, 0.15) is 5.75 Å². The van der Waals surface area contributed by atoms with E-state index in [4.69, 9.17) is 10.5 Å². The predicted molar refractivity (Wildman–Crippen MR) is 90.1 cm³/mol. The molecule has 2 N–H and O–H groups in total. The highest BCUT2D eigenvalue weighted by atomic mass is 32.1. The van der Waals surface area contributed by atoms with Crippen LogP contribution in [-0.4, -0.2) is 30.5 Å². The van der Waals surface area contributed by atoms with Gasteiger partial charge in [-0.05, 0) is 42.5 Å². The maximum atomic E-state index is 11.4. The molecule has 0 spiro atoms. The Morgan fingerprint density at radius 1 is 1.32 bits per heavy atom. The normalized spacial score (nSPS) is 12.3. The molecule has 0 saturated carbocycles. The highest BCUT2D eigenvalue weighted by molar-refractivity contribution is 7.09. The number of ether oxygens (including phenoxy) is 1. The van der Waals surface area contributed by atoms with E-state index in [0.717, 1.165) is 17.7 Å². The lowest BCUT2D eigenvalue weighted by Gasteiger charge is -2.27. The zero-order chi connectivity index (χ0) is 15.9. The number of nitrogens with zero attached hydrogens (tertiary/aromatic N) is 1. The highest BCUT2D eigenvalue weighted by Gasteiger charge is 2.17. The van der Waals surface area contributed by atoms with Crippen LogP contribution in [0.15, 0.2) is 41.8 Å². The molecule has 0 radical (unpaired) electrons. The molecule has 118 valence electrons. The number of benzene rings is 1. The minimum atomic E-state index is -0.299. The van der Waals surface area contributed by atoms with Crippen LogP contribution in [0, 0.1) is 0 Å². The maximum Gasteiger partial charge on any atom is 0.231 e. The molecule has 2 rings (SSSR count). The van der Waals surface area contributed by atoms with Crippen LogP contribution in [0.25, 0.3) is 0 Å². The van der Waals surface area contributed by atoms with Crippen molar-refractivity contribution in [2.75, 3.05) is 13.7 Å². The SMILES string of the molecule is COc1ccc(CN(CC(N)=O)[C@H](C)Cc2cccs2)cc1. The lowest BCUT2D eigenvalue weighted by atomic mass is 10.1. The fraction of sp³-hybridized carbons (Fsp3) is 0.353. The molecule has 0 fully saturated rings. The molecule has 0 aliphatic rings. The molecule has 22 heavy (non-hydrogen) atoms. The molecule has 0 bridgehead atoms. The quantitative estimate of drug-likeness (QED) is 0.814. The number of carbonyl (C=O) groups excluding carboxylic acids is 1. The van der Waals surface area contributed by atoms with Crippen LogP contribution < -0.4 is 10.5 Å². The molecule has 1 heterocycles. The average molecular weight is 318 g/mol. The first-order valence-corrected chi connectivity index (χ1v) is 8.14. The summed E-state index contributed by atoms with van der Waals surface area (Å²) in [5.41, 5.74) is 6.54. The lowest BCUT2D eigenvalue weighted by Crippen LogP contribution is -2.40. The van der Waals surface area contributed by atoms with Crippen LogP contribution in [0.2, 0.25) is 0 Å². The van der Waals surface area contributed by atoms with E-state index in [1.165, 1.54) is 4.88 Å². The molecule has 0 aliphatic carbocycles. The number of carbonyl (C=O) groups is 1. The molecule has 0 saturated heterocycles. The molecule has 0 aliphatic heterocycles. The first-order valence-electron chi connectivity index (χ1n) is 7.26. The monoisotopic (exact) mass is 318 g/mol. The van der Waals surface area contributed by atoms with Gasteiger partial charge in [-0.3, -0.25) is 9.69 Å². The Hall–Kier alpha value is -1.85. The van der Waals surface area contributed by atoms with Gasteiger partial charge in [-0.1, -0.05) is 18.2 Å². The van der Waals surface area contributed by atoms with Crippen molar-refractivity contribution in [2.24, 2.45) is 5.73 Å². The first kappa shape index (κ1) is 16.5. The molecule has 1 amide bonds. The molecule has 4 nitrogen and oxygen atoms in total. The Morgan fingerprint density at radius 3 is 2.59 bits per heavy atom. The van der Waals surface area contributed by atoms with Crippen LogP contribution in [-0.2, 0) is 17.8 Å². The third-order valence-corrected chi connectivity index (χ3v) is 4.50. The third-order valence-electron chi connectivity index (χ3n) is 3.60. The summed E-state index contributed by atoms with van der Waals surface area (Å²) in [4.78, 5) is 14.8. The second-order valence-corrected chi connectivity index (χ2v) is 6.38. The highest BCUT2D eigenvalue weighted by Crippen LogP contribution is 2.18.